The van der Waals surface area contributed by atoms with Crippen LogP contribution >= 0.6 is 11.6 Å². The maximum absolute atomic E-state index is 13.4. The lowest BCUT2D eigenvalue weighted by Crippen LogP contribution is -2.14. The van der Waals surface area contributed by atoms with Crippen molar-refractivity contribution in [2.24, 2.45) is 5.92 Å². The summed E-state index contributed by atoms with van der Waals surface area (Å²) in [5.74, 6) is 0.178. The highest BCUT2D eigenvalue weighted by molar-refractivity contribution is 6.30. The molecule has 4 nitrogen and oxygen atoms in total. The molecule has 0 bridgehead atoms. The number of ketones is 1. The summed E-state index contributed by atoms with van der Waals surface area (Å²) in [5.41, 5.74) is 0.283. The van der Waals surface area contributed by atoms with Crippen molar-refractivity contribution in [1.29, 1.82) is 0 Å². The molecular formula is C14H15ClFN3O. The predicted octanol–water partition coefficient (Wildman–Crippen LogP) is 3.15. The lowest BCUT2D eigenvalue weighted by molar-refractivity contribution is 0.0988. The van der Waals surface area contributed by atoms with Crippen molar-refractivity contribution in [2.75, 3.05) is 0 Å². The van der Waals surface area contributed by atoms with Gasteiger partial charge in [-0.25, -0.2) is 14.1 Å². The monoisotopic (exact) mass is 295 g/mol. The molecule has 0 saturated heterocycles. The van der Waals surface area contributed by atoms with Gasteiger partial charge in [0.25, 0.3) is 0 Å². The summed E-state index contributed by atoms with van der Waals surface area (Å²) in [6, 6.07) is 4.04. The van der Waals surface area contributed by atoms with Crippen LogP contribution in [-0.4, -0.2) is 20.5 Å². The number of aromatic nitrogens is 3. The number of hydrogen-bond acceptors (Lipinski definition) is 3. The van der Waals surface area contributed by atoms with E-state index in [4.69, 9.17) is 11.6 Å². The van der Waals surface area contributed by atoms with E-state index in [2.05, 4.69) is 23.9 Å². The molecule has 0 atom stereocenters. The highest BCUT2D eigenvalue weighted by Crippen LogP contribution is 2.17. The van der Waals surface area contributed by atoms with Crippen LogP contribution in [0.1, 0.15) is 30.0 Å². The molecule has 106 valence electrons. The van der Waals surface area contributed by atoms with Crippen molar-refractivity contribution in [3.63, 3.8) is 0 Å². The molecular weight excluding hydrogens is 281 g/mol. The van der Waals surface area contributed by atoms with Crippen LogP contribution in [0, 0.1) is 11.7 Å². The molecule has 2 rings (SSSR count). The first-order valence-electron chi connectivity index (χ1n) is 6.32. The Bertz CT molecular complexity index is 625. The molecule has 1 heterocycles. The van der Waals surface area contributed by atoms with E-state index in [1.165, 1.54) is 18.5 Å². The third kappa shape index (κ3) is 3.42. The topological polar surface area (TPSA) is 47.8 Å². The average molecular weight is 296 g/mol. The van der Waals surface area contributed by atoms with Crippen molar-refractivity contribution in [2.45, 2.75) is 26.8 Å². The van der Waals surface area contributed by atoms with Crippen molar-refractivity contribution in [3.8, 4) is 0 Å². The summed E-state index contributed by atoms with van der Waals surface area (Å²) in [7, 11) is 0. The lowest BCUT2D eigenvalue weighted by Gasteiger charge is -2.08. The van der Waals surface area contributed by atoms with E-state index in [9.17, 15) is 9.18 Å². The molecule has 0 amide bonds. The highest BCUT2D eigenvalue weighted by atomic mass is 35.5. The Morgan fingerprint density at radius 3 is 2.85 bits per heavy atom. The Morgan fingerprint density at radius 2 is 2.20 bits per heavy atom. The van der Waals surface area contributed by atoms with Crippen LogP contribution in [0.5, 0.6) is 0 Å². The Kier molecular flexibility index (Phi) is 4.49. The largest absolute Gasteiger partial charge is 0.294 e. The number of hydrogen-bond donors (Lipinski definition) is 0. The molecule has 1 aromatic carbocycles. The Balaban J connectivity index is 2.15. The maximum Gasteiger partial charge on any atom is 0.170 e. The summed E-state index contributed by atoms with van der Waals surface area (Å²) in [6.07, 6.45) is 1.52. The fraction of sp³-hybridized carbons (Fsp3) is 0.357. The van der Waals surface area contributed by atoms with Gasteiger partial charge in [0.1, 0.15) is 18.0 Å². The van der Waals surface area contributed by atoms with Crippen LogP contribution in [0.25, 0.3) is 0 Å². The minimum absolute atomic E-state index is 0.00419. The summed E-state index contributed by atoms with van der Waals surface area (Å²) in [5, 5.41) is 4.10. The van der Waals surface area contributed by atoms with Gasteiger partial charge in [-0.3, -0.25) is 4.79 Å². The summed E-state index contributed by atoms with van der Waals surface area (Å²) in [6.45, 7) is 4.81. The summed E-state index contributed by atoms with van der Waals surface area (Å²) in [4.78, 5) is 16.2. The smallest absolute Gasteiger partial charge is 0.170 e. The van der Waals surface area contributed by atoms with Crippen LogP contribution < -0.4 is 0 Å². The Labute approximate surface area is 121 Å². The SMILES string of the molecule is CC(C)Cn1ncnc1CC(=O)c1ccc(Cl)c(F)c1. The molecule has 6 heteroatoms. The molecule has 20 heavy (non-hydrogen) atoms. The van der Waals surface area contributed by atoms with E-state index in [1.54, 1.807) is 4.68 Å². The summed E-state index contributed by atoms with van der Waals surface area (Å²) < 4.78 is 15.1. The van der Waals surface area contributed by atoms with Gasteiger partial charge in [0.2, 0.25) is 0 Å². The van der Waals surface area contributed by atoms with Crippen molar-refractivity contribution in [3.05, 3.63) is 46.8 Å². The van der Waals surface area contributed by atoms with Crippen molar-refractivity contribution >= 4 is 17.4 Å². The normalized spacial score (nSPS) is 11.1. The number of carbonyl (C=O) groups excluding carboxylic acids is 1. The molecule has 0 aliphatic carbocycles. The molecule has 0 aliphatic rings. The van der Waals surface area contributed by atoms with E-state index in [-0.39, 0.29) is 22.8 Å². The Morgan fingerprint density at radius 1 is 1.45 bits per heavy atom. The first-order valence-corrected chi connectivity index (χ1v) is 6.70. The minimum Gasteiger partial charge on any atom is -0.294 e. The molecule has 0 aliphatic heterocycles. The lowest BCUT2D eigenvalue weighted by atomic mass is 10.1. The van der Waals surface area contributed by atoms with E-state index in [0.29, 0.717) is 18.3 Å². The van der Waals surface area contributed by atoms with Gasteiger partial charge in [-0.2, -0.15) is 5.10 Å². The van der Waals surface area contributed by atoms with E-state index in [0.717, 1.165) is 6.07 Å². The number of carbonyl (C=O) groups is 1. The molecule has 2 aromatic rings. The number of rotatable bonds is 5. The van der Waals surface area contributed by atoms with Crippen LogP contribution in [-0.2, 0) is 13.0 Å². The molecule has 0 N–H and O–H groups in total. The third-order valence-electron chi connectivity index (χ3n) is 2.79. The van der Waals surface area contributed by atoms with Gasteiger partial charge in [-0.05, 0) is 24.1 Å². The molecule has 0 spiro atoms. The fourth-order valence-electron chi connectivity index (χ4n) is 1.84. The van der Waals surface area contributed by atoms with Gasteiger partial charge in [-0.15, -0.1) is 0 Å². The van der Waals surface area contributed by atoms with Gasteiger partial charge in [0, 0.05) is 12.1 Å². The van der Waals surface area contributed by atoms with Gasteiger partial charge < -0.3 is 0 Å². The van der Waals surface area contributed by atoms with E-state index < -0.39 is 5.82 Å². The van der Waals surface area contributed by atoms with Crippen LogP contribution in [0.4, 0.5) is 4.39 Å². The molecule has 0 radical (unpaired) electrons. The zero-order valence-corrected chi connectivity index (χ0v) is 12.1. The second kappa shape index (κ2) is 6.13. The van der Waals surface area contributed by atoms with Crippen molar-refractivity contribution < 1.29 is 9.18 Å². The van der Waals surface area contributed by atoms with Gasteiger partial charge in [-0.1, -0.05) is 25.4 Å². The maximum atomic E-state index is 13.4. The average Bonchev–Trinajstić information content (AvgIpc) is 2.79. The fourth-order valence-corrected chi connectivity index (χ4v) is 1.96. The number of Topliss-reactive ketones (excluding diaryl/α,β-unsaturated/α-hetero) is 1. The highest BCUT2D eigenvalue weighted by Gasteiger charge is 2.14. The minimum atomic E-state index is -0.596. The van der Waals surface area contributed by atoms with Gasteiger partial charge in [0.05, 0.1) is 11.4 Å². The number of benzene rings is 1. The molecule has 1 aromatic heterocycles. The van der Waals surface area contributed by atoms with Gasteiger partial charge >= 0.3 is 0 Å². The first-order chi connectivity index (χ1) is 9.47. The van der Waals surface area contributed by atoms with Crippen LogP contribution in [0.15, 0.2) is 24.5 Å². The Hall–Kier alpha value is -1.75. The van der Waals surface area contributed by atoms with Crippen molar-refractivity contribution in [1.82, 2.24) is 14.8 Å². The third-order valence-corrected chi connectivity index (χ3v) is 3.10. The number of halogens is 2. The molecule has 0 unspecified atom stereocenters. The van der Waals surface area contributed by atoms with Crippen LogP contribution in [0.2, 0.25) is 5.02 Å². The quantitative estimate of drug-likeness (QED) is 0.796. The second-order valence-electron chi connectivity index (χ2n) is 4.98. The van der Waals surface area contributed by atoms with Crippen LogP contribution in [0.3, 0.4) is 0 Å². The predicted molar refractivity (Wildman–Crippen MR) is 74.3 cm³/mol. The molecule has 0 fully saturated rings. The summed E-state index contributed by atoms with van der Waals surface area (Å²) >= 11 is 5.60. The first kappa shape index (κ1) is 14.7. The van der Waals surface area contributed by atoms with E-state index in [1.807, 2.05) is 0 Å². The van der Waals surface area contributed by atoms with Gasteiger partial charge in [0.15, 0.2) is 5.78 Å². The number of nitrogens with zero attached hydrogens (tertiary/aromatic N) is 3. The van der Waals surface area contributed by atoms with E-state index >= 15 is 0 Å². The molecule has 0 saturated carbocycles. The zero-order valence-electron chi connectivity index (χ0n) is 11.3. The standard InChI is InChI=1S/C14H15ClFN3O/c1-9(2)7-19-14(17-8-18-19)6-13(20)10-3-4-11(15)12(16)5-10/h3-5,8-9H,6-7H2,1-2H3. The zero-order chi connectivity index (χ0) is 14.7. The second-order valence-corrected chi connectivity index (χ2v) is 5.39.